The van der Waals surface area contributed by atoms with Crippen molar-refractivity contribution in [1.29, 1.82) is 0 Å². The molecule has 0 aliphatic rings. The highest BCUT2D eigenvalue weighted by molar-refractivity contribution is 5.53. The smallest absolute Gasteiger partial charge is 0.0239 e. The summed E-state index contributed by atoms with van der Waals surface area (Å²) in [4.78, 5) is 2.41. The summed E-state index contributed by atoms with van der Waals surface area (Å²) in [6.07, 6.45) is 4.11. The van der Waals surface area contributed by atoms with Crippen LogP contribution >= 0.6 is 0 Å². The van der Waals surface area contributed by atoms with Gasteiger partial charge in [0.1, 0.15) is 0 Å². The van der Waals surface area contributed by atoms with Gasteiger partial charge in [0.2, 0.25) is 0 Å². The van der Waals surface area contributed by atoms with Gasteiger partial charge in [-0.15, -0.1) is 0 Å². The molecule has 0 heterocycles. The largest absolute Gasteiger partial charge is 0.327 e. The molecule has 0 aliphatic carbocycles. The molecule has 1 rings (SSSR count). The molecule has 0 fully saturated rings. The molecule has 0 saturated heterocycles. The molecule has 0 atom stereocenters. The van der Waals surface area contributed by atoms with Crippen molar-refractivity contribution in [2.24, 2.45) is 5.73 Å². The topological polar surface area (TPSA) is 29.3 Å². The minimum absolute atomic E-state index is 0.597. The van der Waals surface area contributed by atoms with E-state index < -0.39 is 0 Å². The Balaban J connectivity index is 2.81. The maximum absolute atomic E-state index is 5.48. The summed E-state index contributed by atoms with van der Waals surface area (Å²) in [5.74, 6) is 0. The lowest BCUT2D eigenvalue weighted by Crippen LogP contribution is -2.22. The highest BCUT2D eigenvalue weighted by Crippen LogP contribution is 2.13. The summed E-state index contributed by atoms with van der Waals surface area (Å²) in [5.41, 5.74) is 8.13. The van der Waals surface area contributed by atoms with E-state index in [2.05, 4.69) is 49.1 Å². The number of nitrogens with two attached hydrogens (primary N) is 1. The van der Waals surface area contributed by atoms with Crippen LogP contribution in [0.1, 0.15) is 25.0 Å². The molecule has 0 unspecified atom stereocenters. The first-order valence-electron chi connectivity index (χ1n) is 5.98. The molecular weight excluding hydrogens is 196 g/mol. The lowest BCUT2D eigenvalue weighted by molar-refractivity contribution is 0.295. The Morgan fingerprint density at radius 1 is 1.19 bits per heavy atom. The van der Waals surface area contributed by atoms with Crippen LogP contribution in [0.2, 0.25) is 0 Å². The van der Waals surface area contributed by atoms with Gasteiger partial charge in [-0.25, -0.2) is 0 Å². The third-order valence-electron chi connectivity index (χ3n) is 2.78. The van der Waals surface area contributed by atoms with E-state index in [1.54, 1.807) is 0 Å². The first-order chi connectivity index (χ1) is 7.81. The van der Waals surface area contributed by atoms with Crippen LogP contribution in [-0.4, -0.2) is 24.5 Å². The van der Waals surface area contributed by atoms with Crippen molar-refractivity contribution in [3.05, 3.63) is 41.5 Å². The summed E-state index contributed by atoms with van der Waals surface area (Å²) >= 11 is 0. The van der Waals surface area contributed by atoms with E-state index in [4.69, 9.17) is 5.73 Å². The van der Waals surface area contributed by atoms with Gasteiger partial charge in [-0.05, 0) is 24.2 Å². The zero-order chi connectivity index (χ0) is 11.8. The molecule has 2 nitrogen and oxygen atoms in total. The number of hydrogen-bond donors (Lipinski definition) is 1. The van der Waals surface area contributed by atoms with Crippen LogP contribution in [0.4, 0.5) is 0 Å². The minimum atomic E-state index is 0.597. The Kier molecular flexibility index (Phi) is 5.83. The minimum Gasteiger partial charge on any atom is -0.327 e. The summed E-state index contributed by atoms with van der Waals surface area (Å²) in [5, 5.41) is 0. The third-order valence-corrected chi connectivity index (χ3v) is 2.78. The standard InChI is InChI=1S/C14H22N2/c1-3-16(4-2)12-14-9-6-5-8-13(14)10-7-11-15/h5-10H,3-4,11-12,15H2,1-2H3/b10-7+. The summed E-state index contributed by atoms with van der Waals surface area (Å²) < 4.78 is 0. The number of nitrogens with zero attached hydrogens (tertiary/aromatic N) is 1. The summed E-state index contributed by atoms with van der Waals surface area (Å²) in [7, 11) is 0. The maximum Gasteiger partial charge on any atom is 0.0239 e. The van der Waals surface area contributed by atoms with Crippen molar-refractivity contribution in [3.63, 3.8) is 0 Å². The van der Waals surface area contributed by atoms with Crippen molar-refractivity contribution in [2.75, 3.05) is 19.6 Å². The molecule has 1 aromatic carbocycles. The second-order valence-electron chi connectivity index (χ2n) is 3.80. The van der Waals surface area contributed by atoms with E-state index in [0.29, 0.717) is 6.54 Å². The molecule has 0 radical (unpaired) electrons. The molecule has 2 N–H and O–H groups in total. The van der Waals surface area contributed by atoms with Crippen LogP contribution in [-0.2, 0) is 6.54 Å². The predicted octanol–water partition coefficient (Wildman–Crippen LogP) is 2.50. The fourth-order valence-corrected chi connectivity index (χ4v) is 1.72. The van der Waals surface area contributed by atoms with Gasteiger partial charge in [0.25, 0.3) is 0 Å². The van der Waals surface area contributed by atoms with Gasteiger partial charge in [-0.3, -0.25) is 4.90 Å². The summed E-state index contributed by atoms with van der Waals surface area (Å²) in [6.45, 7) is 8.18. The molecule has 0 saturated carbocycles. The van der Waals surface area contributed by atoms with Crippen LogP contribution < -0.4 is 5.73 Å². The van der Waals surface area contributed by atoms with Crippen molar-refractivity contribution < 1.29 is 0 Å². The first-order valence-corrected chi connectivity index (χ1v) is 5.98. The highest BCUT2D eigenvalue weighted by Gasteiger charge is 2.03. The molecule has 16 heavy (non-hydrogen) atoms. The molecule has 2 heteroatoms. The first kappa shape index (κ1) is 12.9. The van der Waals surface area contributed by atoms with Gasteiger partial charge in [0, 0.05) is 13.1 Å². The van der Waals surface area contributed by atoms with Gasteiger partial charge in [0.05, 0.1) is 0 Å². The van der Waals surface area contributed by atoms with Crippen molar-refractivity contribution in [2.45, 2.75) is 20.4 Å². The second kappa shape index (κ2) is 7.20. The van der Waals surface area contributed by atoms with Gasteiger partial charge in [-0.2, -0.15) is 0 Å². The zero-order valence-corrected chi connectivity index (χ0v) is 10.3. The zero-order valence-electron chi connectivity index (χ0n) is 10.3. The maximum atomic E-state index is 5.48. The van der Waals surface area contributed by atoms with Gasteiger partial charge in [-0.1, -0.05) is 50.3 Å². The SMILES string of the molecule is CCN(CC)Cc1ccccc1/C=C/CN. The van der Waals surface area contributed by atoms with Crippen molar-refractivity contribution in [1.82, 2.24) is 4.90 Å². The van der Waals surface area contributed by atoms with Crippen LogP contribution in [0.15, 0.2) is 30.3 Å². The van der Waals surface area contributed by atoms with Crippen molar-refractivity contribution >= 4 is 6.08 Å². The normalized spacial score (nSPS) is 11.5. The molecule has 0 bridgehead atoms. The van der Waals surface area contributed by atoms with Gasteiger partial charge >= 0.3 is 0 Å². The summed E-state index contributed by atoms with van der Waals surface area (Å²) in [6, 6.07) is 8.50. The van der Waals surface area contributed by atoms with E-state index in [1.165, 1.54) is 11.1 Å². The quantitative estimate of drug-likeness (QED) is 0.795. The van der Waals surface area contributed by atoms with Crippen LogP contribution in [0.5, 0.6) is 0 Å². The predicted molar refractivity (Wildman–Crippen MR) is 71.2 cm³/mol. The van der Waals surface area contributed by atoms with Gasteiger partial charge < -0.3 is 5.73 Å². The number of hydrogen-bond acceptors (Lipinski definition) is 2. The Bertz CT molecular complexity index is 327. The fraction of sp³-hybridized carbons (Fsp3) is 0.429. The Labute approximate surface area is 98.8 Å². The molecule has 1 aromatic rings. The van der Waals surface area contributed by atoms with Crippen LogP contribution in [0.25, 0.3) is 6.08 Å². The molecule has 0 aliphatic heterocycles. The number of rotatable bonds is 6. The Hall–Kier alpha value is -1.12. The van der Waals surface area contributed by atoms with E-state index in [-0.39, 0.29) is 0 Å². The molecule has 0 spiro atoms. The Morgan fingerprint density at radius 2 is 1.88 bits per heavy atom. The molecular formula is C14H22N2. The second-order valence-corrected chi connectivity index (χ2v) is 3.80. The van der Waals surface area contributed by atoms with E-state index >= 15 is 0 Å². The lowest BCUT2D eigenvalue weighted by Gasteiger charge is -2.19. The fourth-order valence-electron chi connectivity index (χ4n) is 1.72. The van der Waals surface area contributed by atoms with Gasteiger partial charge in [0.15, 0.2) is 0 Å². The van der Waals surface area contributed by atoms with Crippen molar-refractivity contribution in [3.8, 4) is 0 Å². The highest BCUT2D eigenvalue weighted by atomic mass is 15.1. The lowest BCUT2D eigenvalue weighted by atomic mass is 10.1. The van der Waals surface area contributed by atoms with Crippen LogP contribution in [0, 0.1) is 0 Å². The molecule has 88 valence electrons. The van der Waals surface area contributed by atoms with E-state index in [0.717, 1.165) is 19.6 Å². The number of benzene rings is 1. The van der Waals surface area contributed by atoms with E-state index in [1.807, 2.05) is 6.08 Å². The average molecular weight is 218 g/mol. The monoisotopic (exact) mass is 218 g/mol. The van der Waals surface area contributed by atoms with E-state index in [9.17, 15) is 0 Å². The van der Waals surface area contributed by atoms with Crippen LogP contribution in [0.3, 0.4) is 0 Å². The molecule has 0 amide bonds. The Morgan fingerprint density at radius 3 is 2.50 bits per heavy atom. The average Bonchev–Trinajstić information content (AvgIpc) is 2.34. The third kappa shape index (κ3) is 3.80. The molecule has 0 aromatic heterocycles.